The average molecular weight is 442 g/mol. The van der Waals surface area contributed by atoms with Crippen LogP contribution in [0.3, 0.4) is 0 Å². The Hall–Kier alpha value is -3.92. The number of carbonyl (C=O) groups excluding carboxylic acids is 1. The molecule has 0 aliphatic heterocycles. The Kier molecular flexibility index (Phi) is 5.54. The predicted molar refractivity (Wildman–Crippen MR) is 114 cm³/mol. The quantitative estimate of drug-likeness (QED) is 0.344. The second kappa shape index (κ2) is 8.44. The van der Waals surface area contributed by atoms with Crippen LogP contribution in [0, 0.1) is 10.1 Å². The number of aromatic nitrogens is 3. The van der Waals surface area contributed by atoms with Crippen LogP contribution in [-0.4, -0.2) is 25.2 Å². The average Bonchev–Trinajstić information content (AvgIpc) is 3.32. The predicted octanol–water partition coefficient (Wildman–Crippen LogP) is 3.76. The van der Waals surface area contributed by atoms with Gasteiger partial charge in [-0.3, -0.25) is 19.5 Å². The standard InChI is InChI=1S/C20H16ClN5O5/c21-15-4-1-2-5-16(15)25-12-13(11-22-25)23-19(27)6-3-9-24-17-8-7-14(26(29)30)10-18(17)31-20(24)28/h1-2,4-5,7-8,10-12H,3,6,9H2,(H,23,27). The number of anilines is 1. The van der Waals surface area contributed by atoms with Crippen molar-refractivity contribution in [2.75, 3.05) is 5.32 Å². The third-order valence-corrected chi connectivity index (χ3v) is 4.93. The molecule has 0 spiro atoms. The van der Waals surface area contributed by atoms with Crippen molar-refractivity contribution in [3.8, 4) is 5.69 Å². The minimum Gasteiger partial charge on any atom is -0.407 e. The van der Waals surface area contributed by atoms with Gasteiger partial charge in [0.2, 0.25) is 5.91 Å². The fourth-order valence-corrected chi connectivity index (χ4v) is 3.38. The second-order valence-corrected chi connectivity index (χ2v) is 7.11. The molecule has 0 unspecified atom stereocenters. The number of rotatable bonds is 7. The number of oxazole rings is 1. The second-order valence-electron chi connectivity index (χ2n) is 6.71. The maximum absolute atomic E-state index is 12.3. The van der Waals surface area contributed by atoms with E-state index in [0.717, 1.165) is 0 Å². The summed E-state index contributed by atoms with van der Waals surface area (Å²) < 4.78 is 7.99. The number of non-ortho nitro benzene ring substituents is 1. The Morgan fingerprint density at radius 3 is 2.84 bits per heavy atom. The first kappa shape index (κ1) is 20.4. The number of hydrogen-bond donors (Lipinski definition) is 1. The van der Waals surface area contributed by atoms with E-state index in [9.17, 15) is 19.7 Å². The van der Waals surface area contributed by atoms with Gasteiger partial charge in [0.05, 0.1) is 45.3 Å². The summed E-state index contributed by atoms with van der Waals surface area (Å²) in [5.74, 6) is -0.868. The van der Waals surface area contributed by atoms with Crippen LogP contribution in [-0.2, 0) is 11.3 Å². The number of para-hydroxylation sites is 1. The number of amides is 1. The van der Waals surface area contributed by atoms with Crippen LogP contribution >= 0.6 is 11.6 Å². The van der Waals surface area contributed by atoms with Gasteiger partial charge in [-0.25, -0.2) is 9.48 Å². The molecule has 10 nitrogen and oxygen atoms in total. The number of halogens is 1. The van der Waals surface area contributed by atoms with E-state index in [0.29, 0.717) is 28.3 Å². The zero-order chi connectivity index (χ0) is 22.0. The van der Waals surface area contributed by atoms with Crippen molar-refractivity contribution in [1.82, 2.24) is 14.3 Å². The third-order valence-electron chi connectivity index (χ3n) is 4.61. The van der Waals surface area contributed by atoms with Crippen LogP contribution in [0.5, 0.6) is 0 Å². The van der Waals surface area contributed by atoms with Gasteiger partial charge in [0.1, 0.15) is 0 Å². The van der Waals surface area contributed by atoms with E-state index >= 15 is 0 Å². The van der Waals surface area contributed by atoms with E-state index in [1.807, 2.05) is 18.2 Å². The molecular formula is C20H16ClN5O5. The molecule has 31 heavy (non-hydrogen) atoms. The summed E-state index contributed by atoms with van der Waals surface area (Å²) in [6, 6.07) is 11.2. The van der Waals surface area contributed by atoms with E-state index in [2.05, 4.69) is 10.4 Å². The summed E-state index contributed by atoms with van der Waals surface area (Å²) in [6.45, 7) is 0.232. The minimum atomic E-state index is -0.628. The normalized spacial score (nSPS) is 11.0. The van der Waals surface area contributed by atoms with Crippen molar-refractivity contribution in [2.24, 2.45) is 0 Å². The number of fused-ring (bicyclic) bond motifs is 1. The smallest absolute Gasteiger partial charge is 0.407 e. The molecule has 1 amide bonds. The van der Waals surface area contributed by atoms with Crippen molar-refractivity contribution in [1.29, 1.82) is 0 Å². The lowest BCUT2D eigenvalue weighted by Gasteiger charge is -2.04. The molecule has 2 aromatic carbocycles. The lowest BCUT2D eigenvalue weighted by atomic mass is 10.2. The highest BCUT2D eigenvalue weighted by molar-refractivity contribution is 6.32. The van der Waals surface area contributed by atoms with Gasteiger partial charge in [-0.15, -0.1) is 0 Å². The SMILES string of the molecule is O=C(CCCn1c(=O)oc2cc([N+](=O)[O-])ccc21)Nc1cnn(-c2ccccc2Cl)c1. The lowest BCUT2D eigenvalue weighted by molar-refractivity contribution is -0.384. The number of nitro benzene ring substituents is 1. The van der Waals surface area contributed by atoms with E-state index in [1.54, 1.807) is 16.9 Å². The van der Waals surface area contributed by atoms with Gasteiger partial charge >= 0.3 is 5.76 Å². The molecule has 2 aromatic heterocycles. The summed E-state index contributed by atoms with van der Waals surface area (Å²) in [4.78, 5) is 34.6. The van der Waals surface area contributed by atoms with Gasteiger partial charge in [-0.05, 0) is 24.6 Å². The van der Waals surface area contributed by atoms with Crippen molar-refractivity contribution in [2.45, 2.75) is 19.4 Å². The van der Waals surface area contributed by atoms with Crippen LogP contribution in [0.4, 0.5) is 11.4 Å². The van der Waals surface area contributed by atoms with Crippen LogP contribution in [0.25, 0.3) is 16.8 Å². The topological polar surface area (TPSA) is 125 Å². The Morgan fingerprint density at radius 2 is 2.06 bits per heavy atom. The summed E-state index contributed by atoms with van der Waals surface area (Å²) >= 11 is 6.15. The maximum Gasteiger partial charge on any atom is 0.419 e. The Labute approximate surface area is 179 Å². The summed E-state index contributed by atoms with van der Waals surface area (Å²) in [7, 11) is 0. The third kappa shape index (κ3) is 4.33. The highest BCUT2D eigenvalue weighted by Gasteiger charge is 2.14. The molecule has 158 valence electrons. The Bertz CT molecular complexity index is 1340. The largest absolute Gasteiger partial charge is 0.419 e. The fraction of sp³-hybridized carbons (Fsp3) is 0.150. The molecule has 0 aliphatic rings. The van der Waals surface area contributed by atoms with Crippen LogP contribution < -0.4 is 11.1 Å². The number of nitrogens with zero attached hydrogens (tertiary/aromatic N) is 4. The zero-order valence-electron chi connectivity index (χ0n) is 16.0. The molecule has 11 heteroatoms. The van der Waals surface area contributed by atoms with Crippen molar-refractivity contribution in [3.05, 3.63) is 80.5 Å². The fourth-order valence-electron chi connectivity index (χ4n) is 3.16. The number of carbonyl (C=O) groups is 1. The molecule has 0 atom stereocenters. The Balaban J connectivity index is 1.37. The molecule has 2 heterocycles. The maximum atomic E-state index is 12.3. The molecule has 0 aliphatic carbocycles. The van der Waals surface area contributed by atoms with Crippen LogP contribution in [0.2, 0.25) is 5.02 Å². The Morgan fingerprint density at radius 1 is 1.26 bits per heavy atom. The van der Waals surface area contributed by atoms with Gasteiger partial charge in [0, 0.05) is 19.0 Å². The number of benzene rings is 2. The first-order chi connectivity index (χ1) is 14.9. The number of nitrogens with one attached hydrogen (secondary N) is 1. The number of hydrogen-bond acceptors (Lipinski definition) is 6. The van der Waals surface area contributed by atoms with Crippen LogP contribution in [0.15, 0.2) is 64.1 Å². The van der Waals surface area contributed by atoms with Crippen molar-refractivity contribution in [3.63, 3.8) is 0 Å². The summed E-state index contributed by atoms with van der Waals surface area (Å²) in [6.07, 6.45) is 3.70. The monoisotopic (exact) mass is 441 g/mol. The molecule has 0 bridgehead atoms. The number of nitro groups is 1. The van der Waals surface area contributed by atoms with Crippen molar-refractivity contribution >= 4 is 40.0 Å². The van der Waals surface area contributed by atoms with Gasteiger partial charge in [-0.2, -0.15) is 5.10 Å². The number of aryl methyl sites for hydroxylation is 1. The van der Waals surface area contributed by atoms with E-state index in [1.165, 1.54) is 29.0 Å². The van der Waals surface area contributed by atoms with Gasteiger partial charge in [0.15, 0.2) is 5.58 Å². The first-order valence-electron chi connectivity index (χ1n) is 9.29. The van der Waals surface area contributed by atoms with E-state index < -0.39 is 10.7 Å². The molecule has 0 saturated heterocycles. The molecular weight excluding hydrogens is 426 g/mol. The molecule has 0 fully saturated rings. The molecule has 4 aromatic rings. The minimum absolute atomic E-state index is 0.135. The highest BCUT2D eigenvalue weighted by atomic mass is 35.5. The molecule has 0 saturated carbocycles. The highest BCUT2D eigenvalue weighted by Crippen LogP contribution is 2.21. The molecule has 0 radical (unpaired) electrons. The summed E-state index contributed by atoms with van der Waals surface area (Å²) in [5, 5.41) is 18.3. The lowest BCUT2D eigenvalue weighted by Crippen LogP contribution is -2.17. The van der Waals surface area contributed by atoms with Gasteiger partial charge in [-0.1, -0.05) is 23.7 Å². The first-order valence-corrected chi connectivity index (χ1v) is 9.67. The zero-order valence-corrected chi connectivity index (χ0v) is 16.8. The molecule has 4 rings (SSSR count). The van der Waals surface area contributed by atoms with Gasteiger partial charge < -0.3 is 9.73 Å². The molecule has 1 N–H and O–H groups in total. The van der Waals surface area contributed by atoms with E-state index in [-0.39, 0.29) is 30.1 Å². The van der Waals surface area contributed by atoms with E-state index in [4.69, 9.17) is 16.0 Å². The van der Waals surface area contributed by atoms with Crippen molar-refractivity contribution < 1.29 is 14.1 Å². The van der Waals surface area contributed by atoms with Crippen LogP contribution in [0.1, 0.15) is 12.8 Å². The van der Waals surface area contributed by atoms with Gasteiger partial charge in [0.25, 0.3) is 5.69 Å². The summed E-state index contributed by atoms with van der Waals surface area (Å²) in [5.41, 5.74) is 1.62.